The summed E-state index contributed by atoms with van der Waals surface area (Å²) in [5, 5.41) is 40.4. The van der Waals surface area contributed by atoms with Gasteiger partial charge in [-0.1, -0.05) is 156 Å². The fourth-order valence-electron chi connectivity index (χ4n) is 13.7. The smallest absolute Gasteiger partial charge is 0.369 e. The van der Waals surface area contributed by atoms with Crippen LogP contribution in [-0.2, 0) is 0 Å². The molecule has 4 aromatic heterocycles. The Morgan fingerprint density at radius 3 is 1.36 bits per heavy atom. The van der Waals surface area contributed by atoms with Crippen LogP contribution in [-0.4, -0.2) is 63.3 Å². The van der Waals surface area contributed by atoms with Gasteiger partial charge in [-0.15, -0.1) is 70.5 Å². The van der Waals surface area contributed by atoms with Gasteiger partial charge in [0.1, 0.15) is 45.6 Å². The van der Waals surface area contributed by atoms with Gasteiger partial charge in [0, 0.05) is 59.5 Å². The number of nitrogens with zero attached hydrogens (tertiary/aromatic N) is 5. The highest BCUT2D eigenvalue weighted by atomic mass is 79.9. The number of aryl methyl sites for hydroxylation is 3. The van der Waals surface area contributed by atoms with Crippen molar-refractivity contribution in [2.45, 2.75) is 91.9 Å². The third kappa shape index (κ3) is 15.9. The lowest BCUT2D eigenvalue weighted by Gasteiger charge is -2.18. The van der Waals surface area contributed by atoms with Crippen molar-refractivity contribution >= 4 is 215 Å². The number of phenolic OH excluding ortho intramolecular Hbond substituents is 2. The molecule has 0 atom stereocenters. The van der Waals surface area contributed by atoms with Crippen LogP contribution < -0.4 is 31.1 Å². The number of nitro groups is 1. The fourth-order valence-corrected chi connectivity index (χ4v) is 14.6. The van der Waals surface area contributed by atoms with Crippen LogP contribution in [0.3, 0.4) is 0 Å². The van der Waals surface area contributed by atoms with E-state index in [2.05, 4.69) is 130 Å². The zero-order chi connectivity index (χ0) is 72.1. The van der Waals surface area contributed by atoms with E-state index in [0.29, 0.717) is 72.1 Å². The number of rotatable bonds is 17. The number of fused-ring (bicyclic) bond motifs is 10. The fraction of sp³-hybridized carbons (Fsp3) is 0.231. The molecule has 0 saturated heterocycles. The summed E-state index contributed by atoms with van der Waals surface area (Å²) in [6.45, 7) is 8.97. The van der Waals surface area contributed by atoms with E-state index >= 15 is 4.79 Å². The van der Waals surface area contributed by atoms with Crippen molar-refractivity contribution in [2.24, 2.45) is 0 Å². The predicted octanol–water partition coefficient (Wildman–Crippen LogP) is 23.2. The van der Waals surface area contributed by atoms with Gasteiger partial charge in [0.25, 0.3) is 16.8 Å². The molecular formula is C78H70BBr5Cl2N6O9. The van der Waals surface area contributed by atoms with Gasteiger partial charge in [-0.25, -0.2) is 9.97 Å². The van der Waals surface area contributed by atoms with Crippen molar-refractivity contribution in [3.63, 3.8) is 0 Å². The van der Waals surface area contributed by atoms with Crippen LogP contribution in [0.15, 0.2) is 164 Å². The molecule has 0 aliphatic carbocycles. The molecule has 0 bridgehead atoms. The van der Waals surface area contributed by atoms with Gasteiger partial charge in [-0.3, -0.25) is 28.5 Å². The summed E-state index contributed by atoms with van der Waals surface area (Å²) < 4.78 is 21.5. The van der Waals surface area contributed by atoms with Crippen molar-refractivity contribution in [1.29, 1.82) is 0 Å². The maximum Gasteiger partial charge on any atom is 0.369 e. The molecule has 0 saturated carbocycles. The highest BCUT2D eigenvalue weighted by molar-refractivity contribution is 9.69. The molecule has 15 aromatic rings. The second-order valence-corrected chi connectivity index (χ2v) is 33.9. The predicted molar refractivity (Wildman–Crippen MR) is 437 cm³/mol. The van der Waals surface area contributed by atoms with Crippen molar-refractivity contribution in [3.05, 3.63) is 202 Å². The first kappa shape index (κ1) is 74.4. The molecular weight excluding hydrogens is 1650 g/mol. The zero-order valence-electron chi connectivity index (χ0n) is 56.1. The van der Waals surface area contributed by atoms with E-state index in [1.165, 1.54) is 69.6 Å². The first-order chi connectivity index (χ1) is 48.6. The highest BCUT2D eigenvalue weighted by Crippen LogP contribution is 2.47. The van der Waals surface area contributed by atoms with E-state index < -0.39 is 4.92 Å². The number of aromatic hydroxyl groups is 2. The van der Waals surface area contributed by atoms with Gasteiger partial charge in [-0.2, -0.15) is 0 Å². The summed E-state index contributed by atoms with van der Waals surface area (Å²) in [6.07, 6.45) is 12.4. The molecule has 15 rings (SSSR count). The average Bonchev–Trinajstić information content (AvgIpc) is 1.68. The average molecular weight is 1720 g/mol. The number of methoxy groups -OCH3 is 2. The number of pyridine rings is 2. The summed E-state index contributed by atoms with van der Waals surface area (Å²) in [7, 11) is 3.25. The van der Waals surface area contributed by atoms with Crippen molar-refractivity contribution in [2.75, 3.05) is 31.9 Å². The monoisotopic (exact) mass is 1710 g/mol. The molecule has 101 heavy (non-hydrogen) atoms. The standard InChI is InChI=1S/C63H54N6O5.C8H9BrO2.C6H5BrO2.CH2Cl2.BBr3/c1-5-6-7-8-9-10-11-12-13-14-23-74-41-28-36(4)27-38(29-41)40-32-52-59(53(33-40)69(72)73)66-61-47-20-16-43-42-15-19-46-56-48(21-17-44(54(42)56)45-18-22-49(57(47)55(43)45)63(71)68(52)61)62(70)67-51-31-39(30-50(64)58(51)65-60(46)67)37-25-34(2)24-35(3)26-37;1-10-7-3-6(9)4-8(5-7)11-2;7-4-1-5(8)3-6(9)2-4;2-1-3;2-1(3)4/h15-22,24-33H,5-14,23,64H2,1-4H3;3-5H,1-2H3;1-3,8-9H;1H2;. The third-order valence-electron chi connectivity index (χ3n) is 17.9. The van der Waals surface area contributed by atoms with Gasteiger partial charge in [0.2, 0.25) is 0 Å². The Bertz CT molecular complexity index is 5590. The Labute approximate surface area is 634 Å². The SMILES string of the molecule is BrB(Br)Br.CCCCCCCCCCCCOc1cc(C)cc(-c2cc([N+](=O)[O-])c3nc4c5ccc6c7ccc8c9c(ccc(c%10ccc(c(=O)n4c3c2)c5c%106)c79)c(=O)n2c3cc(-c4cc(C)cc(C)c4)cc(N)c3nc82)c1.COc1cc(Br)cc(OC)c1.ClCCl.Oc1cc(O)cc(Br)c1. The first-order valence-corrected chi connectivity index (χ1v) is 38.2. The molecule has 4 heterocycles. The topological polar surface area (TPSA) is 206 Å². The minimum absolute atomic E-state index is 0.0573. The molecule has 518 valence electrons. The van der Waals surface area contributed by atoms with Crippen LogP contribution in [0.2, 0.25) is 0 Å². The first-order valence-electron chi connectivity index (χ1n) is 32.8. The normalized spacial score (nSPS) is 11.4. The molecule has 23 heteroatoms. The van der Waals surface area contributed by atoms with Crippen molar-refractivity contribution in [1.82, 2.24) is 18.8 Å². The van der Waals surface area contributed by atoms with Gasteiger partial charge in [0.05, 0.1) is 47.8 Å². The maximum absolute atomic E-state index is 15.1. The number of anilines is 1. The molecule has 0 aliphatic rings. The van der Waals surface area contributed by atoms with Crippen LogP contribution in [0.1, 0.15) is 87.8 Å². The lowest BCUT2D eigenvalue weighted by atomic mass is 9.86. The van der Waals surface area contributed by atoms with Crippen LogP contribution in [0.5, 0.6) is 28.7 Å². The van der Waals surface area contributed by atoms with Gasteiger partial charge in [0.15, 0.2) is 5.52 Å². The number of nitrogens with two attached hydrogens (primary N) is 1. The second-order valence-electron chi connectivity index (χ2n) is 24.8. The maximum atomic E-state index is 15.1. The van der Waals surface area contributed by atoms with Crippen LogP contribution in [0, 0.1) is 30.9 Å². The number of halogens is 7. The Kier molecular flexibility index (Phi) is 24.1. The number of alkyl halides is 2. The van der Waals surface area contributed by atoms with E-state index in [-0.39, 0.29) is 42.3 Å². The number of ether oxygens (including phenoxy) is 3. The molecule has 0 radical (unpaired) electrons. The quantitative estimate of drug-likeness (QED) is 0.0114. The Morgan fingerprint density at radius 2 is 0.891 bits per heavy atom. The number of aromatic nitrogens is 4. The summed E-state index contributed by atoms with van der Waals surface area (Å²) in [5.41, 5.74) is 15.8. The number of unbranched alkanes of at least 4 members (excludes halogenated alkanes) is 9. The number of phenols is 2. The summed E-state index contributed by atoms with van der Waals surface area (Å²) in [4.78, 5) is 52.4. The zero-order valence-corrected chi connectivity index (χ0v) is 65.6. The summed E-state index contributed by atoms with van der Waals surface area (Å²) >= 11 is 25.3. The number of non-ortho nitro benzene ring substituents is 1. The van der Waals surface area contributed by atoms with Gasteiger partial charge in [-0.05, 0) is 166 Å². The van der Waals surface area contributed by atoms with Gasteiger partial charge >= 0.3 is 3.18 Å². The largest absolute Gasteiger partial charge is 0.508 e. The molecule has 0 spiro atoms. The lowest BCUT2D eigenvalue weighted by Crippen LogP contribution is -2.14. The molecule has 0 unspecified atom stereocenters. The van der Waals surface area contributed by atoms with Crippen LogP contribution >= 0.6 is 102 Å². The summed E-state index contributed by atoms with van der Waals surface area (Å²) in [6, 6.07) is 45.4. The number of imidazole rings is 2. The Hall–Kier alpha value is -7.76. The number of benzene rings is 11. The number of hydrogen-bond donors (Lipinski definition) is 3. The molecule has 0 fully saturated rings. The van der Waals surface area contributed by atoms with Crippen LogP contribution in [0.4, 0.5) is 11.4 Å². The lowest BCUT2D eigenvalue weighted by molar-refractivity contribution is -0.383. The number of nitrogen functional groups attached to an aromatic ring is 1. The number of nitro benzene ring substituents is 1. The van der Waals surface area contributed by atoms with E-state index in [1.54, 1.807) is 29.1 Å². The van der Waals surface area contributed by atoms with Gasteiger partial charge < -0.3 is 30.2 Å². The molecule has 0 amide bonds. The van der Waals surface area contributed by atoms with E-state index in [4.69, 9.17) is 63.3 Å². The minimum atomic E-state index is -0.414. The molecule has 11 aromatic carbocycles. The van der Waals surface area contributed by atoms with E-state index in [0.717, 1.165) is 111 Å². The third-order valence-corrected chi connectivity index (χ3v) is 18.8. The highest BCUT2D eigenvalue weighted by Gasteiger charge is 2.27. The minimum Gasteiger partial charge on any atom is -0.508 e. The Balaban J connectivity index is 0.000000320. The second kappa shape index (κ2) is 32.7. The molecule has 15 nitrogen and oxygen atoms in total. The van der Waals surface area contributed by atoms with E-state index in [9.17, 15) is 14.9 Å². The Morgan fingerprint density at radius 1 is 0.505 bits per heavy atom. The molecule has 4 N–H and O–H groups in total. The van der Waals surface area contributed by atoms with E-state index in [1.807, 2.05) is 97.9 Å². The van der Waals surface area contributed by atoms with Crippen LogP contribution in [0.25, 0.3) is 120 Å². The van der Waals surface area contributed by atoms with Crippen molar-refractivity contribution < 1.29 is 29.3 Å². The number of hydrogen-bond acceptors (Lipinski definition) is 12. The molecule has 0 aliphatic heterocycles. The summed E-state index contributed by atoms with van der Waals surface area (Å²) in [5.74, 6) is 2.40. The van der Waals surface area contributed by atoms with Crippen molar-refractivity contribution in [3.8, 4) is 51.0 Å².